The normalized spacial score (nSPS) is 38.2. The standard InChI is InChI=1S/C15H27N3O.ClH/c1-11-5-6-16-14(8-11)15(19)18-10-13-4-3-7-17(13)9-12(18)2;/h11-14,16H,3-10H2,1-2H3;1H. The Labute approximate surface area is 128 Å². The van der Waals surface area contributed by atoms with Crippen LogP contribution < -0.4 is 5.32 Å². The first-order chi connectivity index (χ1) is 9.15. The molecule has 3 heterocycles. The first-order valence-corrected chi connectivity index (χ1v) is 7.93. The van der Waals surface area contributed by atoms with Crippen LogP contribution >= 0.6 is 12.4 Å². The number of piperazine rings is 1. The highest BCUT2D eigenvalue weighted by Gasteiger charge is 2.39. The topological polar surface area (TPSA) is 35.6 Å². The lowest BCUT2D eigenvalue weighted by Crippen LogP contribution is -2.61. The molecule has 0 bridgehead atoms. The fourth-order valence-electron chi connectivity index (χ4n) is 3.99. The molecule has 1 amide bonds. The van der Waals surface area contributed by atoms with Gasteiger partial charge in [0.05, 0.1) is 6.04 Å². The maximum absolute atomic E-state index is 12.7. The second-order valence-corrected chi connectivity index (χ2v) is 6.77. The summed E-state index contributed by atoms with van der Waals surface area (Å²) in [5.74, 6) is 1.03. The average molecular weight is 302 g/mol. The van der Waals surface area contributed by atoms with E-state index >= 15 is 0 Å². The second kappa shape index (κ2) is 6.63. The van der Waals surface area contributed by atoms with E-state index < -0.39 is 0 Å². The smallest absolute Gasteiger partial charge is 0.240 e. The predicted octanol–water partition coefficient (Wildman–Crippen LogP) is 1.49. The minimum atomic E-state index is 0. The first kappa shape index (κ1) is 16.1. The molecule has 3 aliphatic rings. The fraction of sp³-hybridized carbons (Fsp3) is 0.933. The molecule has 0 aromatic carbocycles. The van der Waals surface area contributed by atoms with Crippen molar-refractivity contribution in [3.05, 3.63) is 0 Å². The molecule has 0 aliphatic carbocycles. The van der Waals surface area contributed by atoms with E-state index in [-0.39, 0.29) is 18.4 Å². The molecule has 3 aliphatic heterocycles. The van der Waals surface area contributed by atoms with Crippen molar-refractivity contribution in [1.82, 2.24) is 15.1 Å². The van der Waals surface area contributed by atoms with Crippen LogP contribution in [0.15, 0.2) is 0 Å². The quantitative estimate of drug-likeness (QED) is 0.797. The summed E-state index contributed by atoms with van der Waals surface area (Å²) in [7, 11) is 0. The molecule has 0 radical (unpaired) electrons. The van der Waals surface area contributed by atoms with Crippen molar-refractivity contribution >= 4 is 18.3 Å². The molecule has 5 heteroatoms. The summed E-state index contributed by atoms with van der Waals surface area (Å²) in [5, 5.41) is 3.42. The summed E-state index contributed by atoms with van der Waals surface area (Å²) in [6.07, 6.45) is 4.79. The van der Waals surface area contributed by atoms with Crippen LogP contribution in [0.3, 0.4) is 0 Å². The van der Waals surface area contributed by atoms with E-state index in [2.05, 4.69) is 29.0 Å². The Morgan fingerprint density at radius 2 is 2.00 bits per heavy atom. The van der Waals surface area contributed by atoms with E-state index in [1.54, 1.807) is 0 Å². The van der Waals surface area contributed by atoms with Crippen molar-refractivity contribution in [2.75, 3.05) is 26.2 Å². The van der Waals surface area contributed by atoms with Crippen LogP contribution in [0.2, 0.25) is 0 Å². The number of halogens is 1. The minimum Gasteiger partial charge on any atom is -0.336 e. The van der Waals surface area contributed by atoms with Gasteiger partial charge in [0.15, 0.2) is 0 Å². The maximum atomic E-state index is 12.7. The molecule has 3 rings (SSSR count). The number of rotatable bonds is 1. The Balaban J connectivity index is 0.00000147. The fourth-order valence-corrected chi connectivity index (χ4v) is 3.99. The van der Waals surface area contributed by atoms with E-state index in [0.29, 0.717) is 23.9 Å². The molecule has 116 valence electrons. The molecule has 0 spiro atoms. The largest absolute Gasteiger partial charge is 0.336 e. The number of amides is 1. The van der Waals surface area contributed by atoms with Crippen LogP contribution in [0.1, 0.15) is 39.5 Å². The zero-order valence-electron chi connectivity index (χ0n) is 12.7. The van der Waals surface area contributed by atoms with Gasteiger partial charge < -0.3 is 10.2 Å². The van der Waals surface area contributed by atoms with Gasteiger partial charge in [-0.1, -0.05) is 6.92 Å². The Bertz CT molecular complexity index is 352. The first-order valence-electron chi connectivity index (χ1n) is 7.93. The van der Waals surface area contributed by atoms with Crippen molar-refractivity contribution in [2.45, 2.75) is 57.7 Å². The molecular formula is C15H28ClN3O. The number of hydrogen-bond acceptors (Lipinski definition) is 3. The summed E-state index contributed by atoms with van der Waals surface area (Å²) < 4.78 is 0. The summed E-state index contributed by atoms with van der Waals surface area (Å²) in [4.78, 5) is 17.5. The zero-order valence-corrected chi connectivity index (χ0v) is 13.5. The lowest BCUT2D eigenvalue weighted by atomic mass is 9.93. The van der Waals surface area contributed by atoms with Crippen molar-refractivity contribution in [1.29, 1.82) is 0 Å². The predicted molar refractivity (Wildman–Crippen MR) is 83.2 cm³/mol. The van der Waals surface area contributed by atoms with Gasteiger partial charge in [0.2, 0.25) is 5.91 Å². The van der Waals surface area contributed by atoms with Crippen molar-refractivity contribution < 1.29 is 4.79 Å². The van der Waals surface area contributed by atoms with Gasteiger partial charge in [0, 0.05) is 25.2 Å². The number of fused-ring (bicyclic) bond motifs is 1. The van der Waals surface area contributed by atoms with Crippen LogP contribution in [0.4, 0.5) is 0 Å². The Hall–Kier alpha value is -0.320. The molecule has 4 atom stereocenters. The molecule has 4 unspecified atom stereocenters. The number of piperidine rings is 1. The number of carbonyl (C=O) groups excluding carboxylic acids is 1. The Kier molecular flexibility index (Phi) is 5.32. The van der Waals surface area contributed by atoms with E-state index in [4.69, 9.17) is 0 Å². The third kappa shape index (κ3) is 3.12. The molecule has 3 fully saturated rings. The number of carbonyl (C=O) groups is 1. The lowest BCUT2D eigenvalue weighted by molar-refractivity contribution is -0.140. The molecular weight excluding hydrogens is 274 g/mol. The Morgan fingerprint density at radius 3 is 2.75 bits per heavy atom. The highest BCUT2D eigenvalue weighted by atomic mass is 35.5. The van der Waals surface area contributed by atoms with Gasteiger partial charge in [-0.3, -0.25) is 9.69 Å². The number of nitrogens with one attached hydrogen (secondary N) is 1. The number of nitrogens with zero attached hydrogens (tertiary/aromatic N) is 2. The monoisotopic (exact) mass is 301 g/mol. The van der Waals surface area contributed by atoms with E-state index in [0.717, 1.165) is 26.1 Å². The summed E-state index contributed by atoms with van der Waals surface area (Å²) >= 11 is 0. The van der Waals surface area contributed by atoms with Gasteiger partial charge in [-0.05, 0) is 51.6 Å². The average Bonchev–Trinajstić information content (AvgIpc) is 2.84. The lowest BCUT2D eigenvalue weighted by Gasteiger charge is -2.44. The number of hydrogen-bond donors (Lipinski definition) is 1. The maximum Gasteiger partial charge on any atom is 0.240 e. The summed E-state index contributed by atoms with van der Waals surface area (Å²) in [6, 6.07) is 1.07. The van der Waals surface area contributed by atoms with Gasteiger partial charge in [-0.2, -0.15) is 0 Å². The van der Waals surface area contributed by atoms with Crippen molar-refractivity contribution in [2.24, 2.45) is 5.92 Å². The van der Waals surface area contributed by atoms with Crippen LogP contribution in [0.25, 0.3) is 0 Å². The van der Waals surface area contributed by atoms with Gasteiger partial charge >= 0.3 is 0 Å². The van der Waals surface area contributed by atoms with Gasteiger partial charge in [0.25, 0.3) is 0 Å². The van der Waals surface area contributed by atoms with Crippen molar-refractivity contribution in [3.63, 3.8) is 0 Å². The molecule has 0 aromatic heterocycles. The molecule has 20 heavy (non-hydrogen) atoms. The van der Waals surface area contributed by atoms with Crippen LogP contribution in [0, 0.1) is 5.92 Å². The molecule has 0 saturated carbocycles. The van der Waals surface area contributed by atoms with Gasteiger partial charge in [-0.15, -0.1) is 12.4 Å². The highest BCUT2D eigenvalue weighted by Crippen LogP contribution is 2.26. The summed E-state index contributed by atoms with van der Waals surface area (Å²) in [5.41, 5.74) is 0. The van der Waals surface area contributed by atoms with E-state index in [1.807, 2.05) is 0 Å². The molecule has 0 aromatic rings. The second-order valence-electron chi connectivity index (χ2n) is 6.77. The third-order valence-electron chi connectivity index (χ3n) is 5.18. The minimum absolute atomic E-state index is 0. The molecule has 3 saturated heterocycles. The van der Waals surface area contributed by atoms with Crippen LogP contribution in [-0.2, 0) is 4.79 Å². The third-order valence-corrected chi connectivity index (χ3v) is 5.18. The van der Waals surface area contributed by atoms with E-state index in [1.165, 1.54) is 25.8 Å². The highest BCUT2D eigenvalue weighted by molar-refractivity contribution is 5.85. The Morgan fingerprint density at radius 1 is 1.20 bits per heavy atom. The zero-order chi connectivity index (χ0) is 13.4. The molecule has 4 nitrogen and oxygen atoms in total. The van der Waals surface area contributed by atoms with E-state index in [9.17, 15) is 4.79 Å². The van der Waals surface area contributed by atoms with Crippen LogP contribution in [-0.4, -0.2) is 60.0 Å². The molecule has 1 N–H and O–H groups in total. The summed E-state index contributed by atoms with van der Waals surface area (Å²) in [6.45, 7) is 8.72. The van der Waals surface area contributed by atoms with Gasteiger partial charge in [-0.25, -0.2) is 0 Å². The van der Waals surface area contributed by atoms with Crippen LogP contribution in [0.5, 0.6) is 0 Å². The van der Waals surface area contributed by atoms with Gasteiger partial charge in [0.1, 0.15) is 0 Å². The van der Waals surface area contributed by atoms with Crippen molar-refractivity contribution in [3.8, 4) is 0 Å². The SMILES string of the molecule is CC1CCNC(C(=O)N2CC3CCCN3CC2C)C1.Cl.